The number of sulfonamides is 1. The monoisotopic (exact) mass is 283 g/mol. The van der Waals surface area contributed by atoms with Gasteiger partial charge >= 0.3 is 0 Å². The van der Waals surface area contributed by atoms with Gasteiger partial charge in [0.15, 0.2) is 0 Å². The molecule has 1 heterocycles. The number of hydrogen-bond donors (Lipinski definition) is 3. The minimum absolute atomic E-state index is 0.00611. The molecule has 0 saturated carbocycles. The zero-order valence-corrected chi connectivity index (χ0v) is 10.9. The maximum absolute atomic E-state index is 12.2. The molecular weight excluding hydrogens is 270 g/mol. The van der Waals surface area contributed by atoms with Crippen LogP contribution in [-0.2, 0) is 16.6 Å². The fourth-order valence-electron chi connectivity index (χ4n) is 1.55. The Morgan fingerprint density at radius 3 is 2.84 bits per heavy atom. The maximum Gasteiger partial charge on any atom is 0.265 e. The summed E-state index contributed by atoms with van der Waals surface area (Å²) in [7, 11) is -2.40. The summed E-state index contributed by atoms with van der Waals surface area (Å²) in [6.45, 7) is -0.189. The molecule has 0 unspecified atom stereocenters. The van der Waals surface area contributed by atoms with Gasteiger partial charge < -0.3 is 9.84 Å². The van der Waals surface area contributed by atoms with Gasteiger partial charge in [-0.25, -0.2) is 8.42 Å². The van der Waals surface area contributed by atoms with Crippen LogP contribution >= 0.6 is 0 Å². The van der Waals surface area contributed by atoms with E-state index in [4.69, 9.17) is 9.84 Å². The molecule has 19 heavy (non-hydrogen) atoms. The van der Waals surface area contributed by atoms with Gasteiger partial charge in [-0.1, -0.05) is 6.07 Å². The highest BCUT2D eigenvalue weighted by Gasteiger charge is 2.20. The third kappa shape index (κ3) is 2.85. The van der Waals surface area contributed by atoms with E-state index in [0.717, 1.165) is 0 Å². The molecule has 1 aromatic heterocycles. The number of aliphatic hydroxyl groups is 1. The molecule has 0 aliphatic rings. The Balaban J connectivity index is 2.40. The molecule has 0 spiro atoms. The number of aliphatic hydroxyl groups excluding tert-OH is 1. The van der Waals surface area contributed by atoms with Crippen LogP contribution < -0.4 is 9.46 Å². The number of H-pyrrole nitrogens is 1. The predicted octanol–water partition coefficient (Wildman–Crippen LogP) is 0.711. The van der Waals surface area contributed by atoms with Crippen molar-refractivity contribution in [1.82, 2.24) is 10.2 Å². The number of anilines is 1. The molecule has 0 amide bonds. The van der Waals surface area contributed by atoms with Gasteiger partial charge in [0.25, 0.3) is 10.0 Å². The third-order valence-electron chi connectivity index (χ3n) is 2.45. The second kappa shape index (κ2) is 5.29. The first-order valence-electron chi connectivity index (χ1n) is 5.36. The number of hydrogen-bond acceptors (Lipinski definition) is 5. The molecule has 0 radical (unpaired) electrons. The number of nitrogens with one attached hydrogen (secondary N) is 2. The quantitative estimate of drug-likeness (QED) is 0.749. The second-order valence-corrected chi connectivity index (χ2v) is 5.39. The lowest BCUT2D eigenvalue weighted by molar-refractivity contribution is 0.280. The smallest absolute Gasteiger partial charge is 0.265 e. The van der Waals surface area contributed by atoms with Crippen molar-refractivity contribution in [2.45, 2.75) is 11.5 Å². The van der Waals surface area contributed by atoms with E-state index < -0.39 is 10.0 Å². The Kier molecular flexibility index (Phi) is 3.72. The molecule has 3 N–H and O–H groups in total. The molecule has 0 aliphatic heterocycles. The zero-order chi connectivity index (χ0) is 13.9. The van der Waals surface area contributed by atoms with E-state index >= 15 is 0 Å². The van der Waals surface area contributed by atoms with Crippen molar-refractivity contribution in [2.75, 3.05) is 11.8 Å². The normalized spacial score (nSPS) is 11.3. The van der Waals surface area contributed by atoms with Gasteiger partial charge in [-0.3, -0.25) is 9.82 Å². The van der Waals surface area contributed by atoms with Gasteiger partial charge in [-0.05, 0) is 17.7 Å². The summed E-state index contributed by atoms with van der Waals surface area (Å²) in [5.41, 5.74) is 0.896. The van der Waals surface area contributed by atoms with E-state index in [0.29, 0.717) is 11.3 Å². The molecule has 2 rings (SSSR count). The van der Waals surface area contributed by atoms with Gasteiger partial charge in [0.2, 0.25) is 0 Å². The number of ether oxygens (including phenoxy) is 1. The van der Waals surface area contributed by atoms with Crippen molar-refractivity contribution in [3.05, 3.63) is 36.2 Å². The molecule has 8 heteroatoms. The molecule has 0 saturated heterocycles. The average molecular weight is 283 g/mol. The van der Waals surface area contributed by atoms with Gasteiger partial charge in [0.1, 0.15) is 10.6 Å². The number of aromatic nitrogens is 2. The van der Waals surface area contributed by atoms with Crippen molar-refractivity contribution >= 4 is 15.7 Å². The molecule has 7 nitrogen and oxygen atoms in total. The molecule has 0 fully saturated rings. The van der Waals surface area contributed by atoms with Crippen molar-refractivity contribution in [3.8, 4) is 5.75 Å². The Hall–Kier alpha value is -2.06. The standard InChI is InChI=1S/C11H13N3O4S/c1-18-10-4-8(7-15)2-3-11(10)19(16,17)14-9-5-12-13-6-9/h2-6,14-15H,7H2,1H3,(H,12,13). The van der Waals surface area contributed by atoms with E-state index in [1.165, 1.54) is 37.7 Å². The number of benzene rings is 1. The molecule has 102 valence electrons. The summed E-state index contributed by atoms with van der Waals surface area (Å²) in [5, 5.41) is 15.2. The van der Waals surface area contributed by atoms with E-state index in [2.05, 4.69) is 14.9 Å². The van der Waals surface area contributed by atoms with Crippen LogP contribution in [0.25, 0.3) is 0 Å². The fraction of sp³-hybridized carbons (Fsp3) is 0.182. The summed E-state index contributed by atoms with van der Waals surface area (Å²) < 4.78 is 31.8. The minimum Gasteiger partial charge on any atom is -0.495 e. The van der Waals surface area contributed by atoms with E-state index in [-0.39, 0.29) is 17.3 Å². The maximum atomic E-state index is 12.2. The van der Waals surface area contributed by atoms with Gasteiger partial charge in [0.05, 0.1) is 25.6 Å². The van der Waals surface area contributed by atoms with Crippen molar-refractivity contribution < 1.29 is 18.3 Å². The van der Waals surface area contributed by atoms with Crippen LogP contribution in [0.3, 0.4) is 0 Å². The molecule has 0 aliphatic carbocycles. The van der Waals surface area contributed by atoms with E-state index in [9.17, 15) is 8.42 Å². The van der Waals surface area contributed by atoms with Crippen molar-refractivity contribution in [1.29, 1.82) is 0 Å². The van der Waals surface area contributed by atoms with Crippen LogP contribution in [-0.4, -0.2) is 30.8 Å². The lowest BCUT2D eigenvalue weighted by atomic mass is 10.2. The number of methoxy groups -OCH3 is 1. The van der Waals surface area contributed by atoms with Crippen molar-refractivity contribution in [2.24, 2.45) is 0 Å². The van der Waals surface area contributed by atoms with Crippen LogP contribution in [0.1, 0.15) is 5.56 Å². The minimum atomic E-state index is -3.77. The van der Waals surface area contributed by atoms with E-state index in [1.54, 1.807) is 0 Å². The number of aromatic amines is 1. The largest absolute Gasteiger partial charge is 0.495 e. The summed E-state index contributed by atoms with van der Waals surface area (Å²) in [6.07, 6.45) is 2.78. The van der Waals surface area contributed by atoms with Crippen molar-refractivity contribution in [3.63, 3.8) is 0 Å². The first-order valence-corrected chi connectivity index (χ1v) is 6.84. The van der Waals surface area contributed by atoms with Crippen LogP contribution in [0.4, 0.5) is 5.69 Å². The van der Waals surface area contributed by atoms with Gasteiger partial charge in [-0.2, -0.15) is 5.10 Å². The fourth-order valence-corrected chi connectivity index (χ4v) is 2.74. The van der Waals surface area contributed by atoms with Gasteiger partial charge in [0, 0.05) is 6.20 Å². The third-order valence-corrected chi connectivity index (χ3v) is 3.87. The highest BCUT2D eigenvalue weighted by Crippen LogP contribution is 2.26. The number of nitrogens with zero attached hydrogens (tertiary/aromatic N) is 1. The lowest BCUT2D eigenvalue weighted by Crippen LogP contribution is -2.13. The molecule has 0 atom stereocenters. The second-order valence-electron chi connectivity index (χ2n) is 3.74. The number of rotatable bonds is 5. The Morgan fingerprint density at radius 1 is 1.47 bits per heavy atom. The van der Waals surface area contributed by atoms with Crippen LogP contribution in [0.2, 0.25) is 0 Å². The lowest BCUT2D eigenvalue weighted by Gasteiger charge is -2.11. The summed E-state index contributed by atoms with van der Waals surface area (Å²) >= 11 is 0. The predicted molar refractivity (Wildman–Crippen MR) is 68.3 cm³/mol. The van der Waals surface area contributed by atoms with Crippen LogP contribution in [0.5, 0.6) is 5.75 Å². The average Bonchev–Trinajstić information content (AvgIpc) is 2.89. The highest BCUT2D eigenvalue weighted by atomic mass is 32.2. The molecule has 0 bridgehead atoms. The summed E-state index contributed by atoms with van der Waals surface area (Å²) in [6, 6.07) is 4.38. The Labute approximate surface area is 110 Å². The zero-order valence-electron chi connectivity index (χ0n) is 10.1. The van der Waals surface area contributed by atoms with E-state index in [1.807, 2.05) is 0 Å². The van der Waals surface area contributed by atoms with Crippen LogP contribution in [0, 0.1) is 0 Å². The Morgan fingerprint density at radius 2 is 2.26 bits per heavy atom. The topological polar surface area (TPSA) is 104 Å². The first kappa shape index (κ1) is 13.4. The van der Waals surface area contributed by atoms with Crippen LogP contribution in [0.15, 0.2) is 35.5 Å². The summed E-state index contributed by atoms with van der Waals surface area (Å²) in [5.74, 6) is 0.169. The highest BCUT2D eigenvalue weighted by molar-refractivity contribution is 7.92. The molecule has 2 aromatic rings. The molecule has 1 aromatic carbocycles. The first-order chi connectivity index (χ1) is 9.06. The van der Waals surface area contributed by atoms with Gasteiger partial charge in [-0.15, -0.1) is 0 Å². The summed E-state index contributed by atoms with van der Waals surface area (Å²) in [4.78, 5) is -0.00611. The SMILES string of the molecule is COc1cc(CO)ccc1S(=O)(=O)Nc1cn[nH]c1. The Bertz CT molecular complexity index is 653. The molecular formula is C11H13N3O4S.